The number of aryl methyl sites for hydroxylation is 1. The van der Waals surface area contributed by atoms with Crippen LogP contribution in [0.3, 0.4) is 0 Å². The number of carbonyl (C=O) groups is 3. The van der Waals surface area contributed by atoms with Gasteiger partial charge in [-0.15, -0.1) is 11.3 Å². The van der Waals surface area contributed by atoms with Gasteiger partial charge in [0, 0.05) is 17.3 Å². The molecule has 0 saturated carbocycles. The lowest BCUT2D eigenvalue weighted by Crippen LogP contribution is -2.39. The number of thiazole rings is 1. The van der Waals surface area contributed by atoms with E-state index in [4.69, 9.17) is 5.11 Å². The van der Waals surface area contributed by atoms with E-state index in [1.807, 2.05) is 0 Å². The minimum Gasteiger partial charge on any atom is -0.481 e. The van der Waals surface area contributed by atoms with E-state index in [0.29, 0.717) is 34.7 Å². The third-order valence-corrected chi connectivity index (χ3v) is 6.63. The first-order valence-corrected chi connectivity index (χ1v) is 10.1. The lowest BCUT2D eigenvalue weighted by molar-refractivity contribution is -0.140. The van der Waals surface area contributed by atoms with E-state index in [-0.39, 0.29) is 11.9 Å². The van der Waals surface area contributed by atoms with E-state index < -0.39 is 18.3 Å². The Kier molecular flexibility index (Phi) is 5.78. The predicted molar refractivity (Wildman–Crippen MR) is 102 cm³/mol. The van der Waals surface area contributed by atoms with Crippen molar-refractivity contribution in [1.82, 2.24) is 15.3 Å². The van der Waals surface area contributed by atoms with Crippen molar-refractivity contribution in [3.63, 3.8) is 0 Å². The van der Waals surface area contributed by atoms with Gasteiger partial charge in [-0.05, 0) is 50.8 Å². The van der Waals surface area contributed by atoms with E-state index in [0.717, 1.165) is 15.0 Å². The summed E-state index contributed by atoms with van der Waals surface area (Å²) in [6.07, 6.45) is 1.40. The van der Waals surface area contributed by atoms with E-state index >= 15 is 0 Å². The molecule has 2 heterocycles. The molecule has 11 heteroatoms. The molecule has 0 spiro atoms. The maximum atomic E-state index is 12.3. The molecule has 2 aromatic heterocycles. The number of halogens is 2. The van der Waals surface area contributed by atoms with Crippen molar-refractivity contribution in [2.45, 2.75) is 31.7 Å². The molecule has 138 valence electrons. The molecule has 0 saturated heterocycles. The number of H-pyrrole nitrogens is 1. The Morgan fingerprint density at radius 2 is 2.15 bits per heavy atom. The predicted octanol–water partition coefficient (Wildman–Crippen LogP) is 2.70. The van der Waals surface area contributed by atoms with Gasteiger partial charge in [0.2, 0.25) is 5.91 Å². The van der Waals surface area contributed by atoms with Crippen LogP contribution >= 0.6 is 43.2 Å². The largest absolute Gasteiger partial charge is 0.481 e. The Bertz CT molecular complexity index is 860. The van der Waals surface area contributed by atoms with Gasteiger partial charge in [0.05, 0.1) is 14.8 Å². The number of aromatic nitrogens is 2. The smallest absolute Gasteiger partial charge is 0.312 e. The number of hydrogen-bond donors (Lipinski definition) is 4. The summed E-state index contributed by atoms with van der Waals surface area (Å²) in [7, 11) is 0. The van der Waals surface area contributed by atoms with Crippen LogP contribution in [0, 0.1) is 0 Å². The number of anilines is 1. The van der Waals surface area contributed by atoms with Crippen LogP contribution in [0.25, 0.3) is 0 Å². The molecular formula is C15H14Br2N4O4S. The highest BCUT2D eigenvalue weighted by Gasteiger charge is 2.25. The highest BCUT2D eigenvalue weighted by molar-refractivity contribution is 9.13. The van der Waals surface area contributed by atoms with Crippen LogP contribution in [0.2, 0.25) is 0 Å². The average molecular weight is 506 g/mol. The summed E-state index contributed by atoms with van der Waals surface area (Å²) in [5.74, 6) is -1.94. The van der Waals surface area contributed by atoms with Crippen LogP contribution in [0.15, 0.2) is 15.1 Å². The second kappa shape index (κ2) is 7.89. The van der Waals surface area contributed by atoms with Gasteiger partial charge in [0.15, 0.2) is 5.13 Å². The van der Waals surface area contributed by atoms with Gasteiger partial charge >= 0.3 is 5.97 Å². The Morgan fingerprint density at radius 3 is 2.81 bits per heavy atom. The van der Waals surface area contributed by atoms with Crippen LogP contribution in [-0.2, 0) is 22.4 Å². The highest BCUT2D eigenvalue weighted by Crippen LogP contribution is 2.30. The molecule has 8 nitrogen and oxygen atoms in total. The number of fused-ring (bicyclic) bond motifs is 1. The first-order chi connectivity index (χ1) is 12.3. The van der Waals surface area contributed by atoms with Crippen molar-refractivity contribution in [2.75, 3.05) is 5.32 Å². The van der Waals surface area contributed by atoms with Crippen molar-refractivity contribution < 1.29 is 19.5 Å². The number of aromatic amines is 1. The molecule has 1 aliphatic carbocycles. The molecule has 0 aromatic carbocycles. The van der Waals surface area contributed by atoms with Crippen molar-refractivity contribution in [2.24, 2.45) is 0 Å². The third-order valence-electron chi connectivity index (χ3n) is 3.81. The number of carboxylic acids is 1. The molecule has 1 aliphatic rings. The molecule has 0 aliphatic heterocycles. The van der Waals surface area contributed by atoms with Gasteiger partial charge in [0.1, 0.15) is 12.1 Å². The van der Waals surface area contributed by atoms with E-state index in [1.54, 1.807) is 6.07 Å². The summed E-state index contributed by atoms with van der Waals surface area (Å²) in [6, 6.07) is 1.55. The number of hydrogen-bond acceptors (Lipinski definition) is 5. The zero-order valence-corrected chi connectivity index (χ0v) is 17.3. The topological polar surface area (TPSA) is 124 Å². The number of rotatable bonds is 5. The second-order valence-electron chi connectivity index (χ2n) is 5.77. The normalized spacial score (nSPS) is 16.0. The quantitative estimate of drug-likeness (QED) is 0.465. The van der Waals surface area contributed by atoms with Crippen molar-refractivity contribution in [3.8, 4) is 0 Å². The maximum Gasteiger partial charge on any atom is 0.312 e. The van der Waals surface area contributed by atoms with Crippen LogP contribution < -0.4 is 10.6 Å². The average Bonchev–Trinajstić information content (AvgIpc) is 3.09. The fourth-order valence-corrected chi connectivity index (χ4v) is 4.40. The van der Waals surface area contributed by atoms with Gasteiger partial charge in [0.25, 0.3) is 5.91 Å². The van der Waals surface area contributed by atoms with Crippen LogP contribution in [0.5, 0.6) is 0 Å². The Morgan fingerprint density at radius 1 is 1.38 bits per heavy atom. The van der Waals surface area contributed by atoms with Crippen LogP contribution in [0.4, 0.5) is 5.13 Å². The molecule has 0 bridgehead atoms. The molecule has 1 atom stereocenters. The molecule has 0 unspecified atom stereocenters. The summed E-state index contributed by atoms with van der Waals surface area (Å²) >= 11 is 7.97. The Balaban J connectivity index is 1.63. The second-order valence-corrected chi connectivity index (χ2v) is 8.50. The fraction of sp³-hybridized carbons (Fsp3) is 0.333. The summed E-state index contributed by atoms with van der Waals surface area (Å²) in [5, 5.41) is 14.7. The summed E-state index contributed by atoms with van der Waals surface area (Å²) in [5.41, 5.74) is 1.30. The first-order valence-electron chi connectivity index (χ1n) is 7.67. The van der Waals surface area contributed by atoms with Crippen molar-refractivity contribution in [3.05, 3.63) is 31.4 Å². The lowest BCUT2D eigenvalue weighted by Gasteiger charge is -2.21. The van der Waals surface area contributed by atoms with Crippen molar-refractivity contribution in [1.29, 1.82) is 0 Å². The molecule has 26 heavy (non-hydrogen) atoms. The lowest BCUT2D eigenvalue weighted by atomic mass is 9.97. The standard InChI is InChI=1S/C15H14Br2N4O4S/c16-7-4-9(19-13(7)17)14(25)21-15-20-8-2-1-6(3-10(8)26-15)18-11(22)5-12(23)24/h4,6,19H,1-3,5H2,(H,18,22)(H,23,24)(H,20,21,25)/t6-/m0/s1. The van der Waals surface area contributed by atoms with Gasteiger partial charge in [-0.25, -0.2) is 4.98 Å². The van der Waals surface area contributed by atoms with Crippen molar-refractivity contribution >= 4 is 66.1 Å². The maximum absolute atomic E-state index is 12.3. The fourth-order valence-electron chi connectivity index (χ4n) is 2.66. The summed E-state index contributed by atoms with van der Waals surface area (Å²) < 4.78 is 1.43. The third kappa shape index (κ3) is 4.51. The number of nitrogens with one attached hydrogen (secondary N) is 3. The molecule has 3 rings (SSSR count). The molecule has 4 N–H and O–H groups in total. The Labute approximate surface area is 169 Å². The number of nitrogens with zero attached hydrogens (tertiary/aromatic N) is 1. The zero-order valence-electron chi connectivity index (χ0n) is 13.3. The van der Waals surface area contributed by atoms with Crippen LogP contribution in [0.1, 0.15) is 33.9 Å². The Hall–Kier alpha value is -1.72. The molecule has 0 fully saturated rings. The SMILES string of the molecule is O=C(O)CC(=O)N[C@H]1CCc2nc(NC(=O)c3cc(Br)c(Br)[nH]3)sc2C1. The van der Waals surface area contributed by atoms with Gasteiger partial charge in [-0.2, -0.15) is 0 Å². The van der Waals surface area contributed by atoms with Gasteiger partial charge < -0.3 is 15.4 Å². The van der Waals surface area contributed by atoms with Gasteiger partial charge in [-0.1, -0.05) is 0 Å². The number of amides is 2. The summed E-state index contributed by atoms with van der Waals surface area (Å²) in [4.78, 5) is 42.8. The molecule has 2 aromatic rings. The highest BCUT2D eigenvalue weighted by atomic mass is 79.9. The molecule has 2 amide bonds. The number of carbonyl (C=O) groups excluding carboxylic acids is 2. The van der Waals surface area contributed by atoms with Crippen LogP contribution in [-0.4, -0.2) is 38.9 Å². The minimum absolute atomic E-state index is 0.117. The monoisotopic (exact) mass is 504 g/mol. The minimum atomic E-state index is -1.15. The zero-order chi connectivity index (χ0) is 18.8. The van der Waals surface area contributed by atoms with E-state index in [1.165, 1.54) is 11.3 Å². The van der Waals surface area contributed by atoms with E-state index in [9.17, 15) is 14.4 Å². The van der Waals surface area contributed by atoms with Gasteiger partial charge in [-0.3, -0.25) is 19.7 Å². The first kappa shape index (κ1) is 19.1. The molecule has 0 radical (unpaired) electrons. The summed E-state index contributed by atoms with van der Waals surface area (Å²) in [6.45, 7) is 0. The van der Waals surface area contributed by atoms with E-state index in [2.05, 4.69) is 52.5 Å². The number of carboxylic acid groups (broad SMARTS) is 1. The number of aliphatic carboxylic acids is 1. The molecular weight excluding hydrogens is 492 g/mol.